The number of benzene rings is 1. The van der Waals surface area contributed by atoms with Gasteiger partial charge in [-0.25, -0.2) is 0 Å². The predicted molar refractivity (Wildman–Crippen MR) is 118 cm³/mol. The third kappa shape index (κ3) is 2.41. The minimum absolute atomic E-state index is 0.0811. The molecule has 8 heteroatoms. The van der Waals surface area contributed by atoms with Crippen LogP contribution in [-0.4, -0.2) is 57.7 Å². The van der Waals surface area contributed by atoms with Crippen LogP contribution in [0.2, 0.25) is 0 Å². The lowest BCUT2D eigenvalue weighted by molar-refractivity contribution is -0.172. The van der Waals surface area contributed by atoms with Crippen molar-refractivity contribution in [3.63, 3.8) is 0 Å². The molecule has 1 aromatic rings. The number of rotatable bonds is 4. The van der Waals surface area contributed by atoms with Gasteiger partial charge in [0.25, 0.3) is 0 Å². The fourth-order valence-corrected chi connectivity index (χ4v) is 6.60. The summed E-state index contributed by atoms with van der Waals surface area (Å²) in [5.74, 6) is -2.56. The molecule has 6 aliphatic rings. The van der Waals surface area contributed by atoms with Gasteiger partial charge in [-0.15, -0.1) is 0 Å². The Balaban J connectivity index is 1.54. The van der Waals surface area contributed by atoms with Crippen LogP contribution in [0.15, 0.2) is 41.5 Å². The van der Waals surface area contributed by atoms with Crippen LogP contribution in [0.4, 0.5) is 0 Å². The molecule has 1 saturated carbocycles. The van der Waals surface area contributed by atoms with Crippen molar-refractivity contribution in [2.75, 3.05) is 13.2 Å². The van der Waals surface area contributed by atoms with E-state index >= 15 is 0 Å². The number of imide groups is 1. The maximum atomic E-state index is 14.0. The molecule has 5 atom stereocenters. The smallest absolute Gasteiger partial charge is 0.229 e. The first-order chi connectivity index (χ1) is 16.2. The number of carbonyl (C=O) groups excluding carboxylic acids is 4. The molecule has 3 heterocycles. The average molecular weight is 463 g/mol. The van der Waals surface area contributed by atoms with E-state index in [4.69, 9.17) is 9.47 Å². The number of aromatic hydroxyl groups is 1. The number of phenolic OH excluding ortho intramolecular Hbond substituents is 1. The molecule has 34 heavy (non-hydrogen) atoms. The van der Waals surface area contributed by atoms with Gasteiger partial charge in [0.05, 0.1) is 6.61 Å². The number of allylic oxidation sites excluding steroid dienone is 2. The van der Waals surface area contributed by atoms with Crippen LogP contribution in [0.3, 0.4) is 0 Å². The van der Waals surface area contributed by atoms with Crippen LogP contribution < -0.4 is 4.74 Å². The monoisotopic (exact) mass is 463 g/mol. The van der Waals surface area contributed by atoms with Gasteiger partial charge in [-0.1, -0.05) is 23.8 Å². The Morgan fingerprint density at radius 2 is 1.91 bits per heavy atom. The highest BCUT2D eigenvalue weighted by molar-refractivity contribution is 6.18. The molecule has 1 aromatic carbocycles. The second kappa shape index (κ2) is 6.88. The minimum Gasteiger partial charge on any atom is -0.507 e. The molecule has 0 radical (unpaired) electrons. The standard InChI is InChI=1S/C26H25NO7/c1-13(2)8-9-25-24(32)14-10-16-23(31)22-18(28)4-3-5-19(22)34-26(16,25)17(12-33-25)15(14)11-27-20(29)6-7-21(27)30/h3-5,8,10,14-15,17,28H,6-7,9,11-12H2,1-2H3. The van der Waals surface area contributed by atoms with Gasteiger partial charge in [-0.2, -0.15) is 0 Å². The summed E-state index contributed by atoms with van der Waals surface area (Å²) in [6.07, 6.45) is 4.14. The number of amides is 2. The van der Waals surface area contributed by atoms with Gasteiger partial charge < -0.3 is 14.6 Å². The van der Waals surface area contributed by atoms with Gasteiger partial charge in [-0.3, -0.25) is 24.1 Å². The molecule has 1 spiro atoms. The van der Waals surface area contributed by atoms with Gasteiger partial charge in [0.2, 0.25) is 11.8 Å². The lowest BCUT2D eigenvalue weighted by Crippen LogP contribution is -2.74. The van der Waals surface area contributed by atoms with Crippen molar-refractivity contribution in [3.8, 4) is 11.5 Å². The van der Waals surface area contributed by atoms with E-state index in [0.717, 1.165) is 5.57 Å². The summed E-state index contributed by atoms with van der Waals surface area (Å²) in [6.45, 7) is 4.11. The highest BCUT2D eigenvalue weighted by atomic mass is 16.6. The summed E-state index contributed by atoms with van der Waals surface area (Å²) in [4.78, 5) is 53.7. The van der Waals surface area contributed by atoms with E-state index < -0.39 is 29.0 Å². The Morgan fingerprint density at radius 3 is 2.62 bits per heavy atom. The lowest BCUT2D eigenvalue weighted by atomic mass is 9.49. The minimum atomic E-state index is -1.39. The topological polar surface area (TPSA) is 110 Å². The molecule has 2 amide bonds. The number of ether oxygens (including phenoxy) is 2. The van der Waals surface area contributed by atoms with Gasteiger partial charge >= 0.3 is 0 Å². The number of fused-ring (bicyclic) bond motifs is 1. The van der Waals surface area contributed by atoms with E-state index in [0.29, 0.717) is 5.57 Å². The Labute approximate surface area is 196 Å². The molecule has 3 aliphatic heterocycles. The first-order valence-corrected chi connectivity index (χ1v) is 11.6. The zero-order valence-electron chi connectivity index (χ0n) is 19.0. The molecule has 8 nitrogen and oxygen atoms in total. The first-order valence-electron chi connectivity index (χ1n) is 11.6. The van der Waals surface area contributed by atoms with Gasteiger partial charge in [-0.05, 0) is 31.9 Å². The SMILES string of the molecule is CC(C)=CCC12OCC3C(CN4C(=O)CCC4=O)C(C=C4C(=O)c5c(O)cccc5OC431)C2=O. The molecule has 1 N–H and O–H groups in total. The third-order valence-electron chi connectivity index (χ3n) is 8.15. The zero-order valence-corrected chi connectivity index (χ0v) is 19.0. The molecule has 176 valence electrons. The molecule has 3 aliphatic carbocycles. The third-order valence-corrected chi connectivity index (χ3v) is 8.15. The first kappa shape index (κ1) is 21.3. The van der Waals surface area contributed by atoms with Crippen LogP contribution in [0, 0.1) is 17.8 Å². The molecular formula is C26H25NO7. The number of likely N-dealkylation sites (tertiary alicyclic amines) is 1. The normalized spacial score (nSPS) is 35.2. The summed E-state index contributed by atoms with van der Waals surface area (Å²) in [5.41, 5.74) is -1.37. The molecule has 3 fully saturated rings. The Bertz CT molecular complexity index is 1230. The Kier molecular flexibility index (Phi) is 4.31. The second-order valence-electron chi connectivity index (χ2n) is 10.1. The van der Waals surface area contributed by atoms with Crippen LogP contribution in [-0.2, 0) is 19.1 Å². The van der Waals surface area contributed by atoms with Crippen LogP contribution in [0.1, 0.15) is 43.5 Å². The summed E-state index contributed by atoms with van der Waals surface area (Å²) in [6, 6.07) is 4.64. The number of Topliss-reactive ketones (excluding diaryl/α,β-unsaturated/α-hetero) is 2. The van der Waals surface area contributed by atoms with Gasteiger partial charge in [0, 0.05) is 43.2 Å². The van der Waals surface area contributed by atoms with Gasteiger partial charge in [0.1, 0.15) is 17.1 Å². The van der Waals surface area contributed by atoms with Crippen molar-refractivity contribution < 1.29 is 33.8 Å². The quantitative estimate of drug-likeness (QED) is 0.539. The molecule has 2 saturated heterocycles. The zero-order chi connectivity index (χ0) is 24.0. The number of hydrogen-bond donors (Lipinski definition) is 1. The van der Waals surface area contributed by atoms with Crippen LogP contribution >= 0.6 is 0 Å². The molecule has 7 rings (SSSR count). The van der Waals surface area contributed by atoms with E-state index in [2.05, 4.69) is 0 Å². The molecule has 5 unspecified atom stereocenters. The van der Waals surface area contributed by atoms with E-state index in [1.54, 1.807) is 18.2 Å². The molecular weight excluding hydrogens is 438 g/mol. The van der Waals surface area contributed by atoms with Crippen molar-refractivity contribution in [1.82, 2.24) is 4.90 Å². The van der Waals surface area contributed by atoms with Crippen molar-refractivity contribution >= 4 is 23.4 Å². The average Bonchev–Trinajstić information content (AvgIpc) is 3.26. The number of ketones is 2. The lowest BCUT2D eigenvalue weighted by Gasteiger charge is -2.58. The summed E-state index contributed by atoms with van der Waals surface area (Å²) in [7, 11) is 0. The van der Waals surface area contributed by atoms with E-state index in [1.165, 1.54) is 11.0 Å². The van der Waals surface area contributed by atoms with E-state index in [1.807, 2.05) is 19.9 Å². The van der Waals surface area contributed by atoms with Crippen molar-refractivity contribution in [2.45, 2.75) is 44.3 Å². The van der Waals surface area contributed by atoms with Gasteiger partial charge in [0.15, 0.2) is 22.8 Å². The van der Waals surface area contributed by atoms with E-state index in [9.17, 15) is 24.3 Å². The van der Waals surface area contributed by atoms with Crippen molar-refractivity contribution in [2.24, 2.45) is 17.8 Å². The second-order valence-corrected chi connectivity index (χ2v) is 10.1. The number of phenols is 1. The maximum Gasteiger partial charge on any atom is 0.229 e. The highest BCUT2D eigenvalue weighted by Gasteiger charge is 2.79. The number of carbonyl (C=O) groups is 4. The largest absolute Gasteiger partial charge is 0.507 e. The van der Waals surface area contributed by atoms with Crippen molar-refractivity contribution in [3.05, 3.63) is 47.1 Å². The number of nitrogens with zero attached hydrogens (tertiary/aromatic N) is 1. The predicted octanol–water partition coefficient (Wildman–Crippen LogP) is 2.35. The summed E-state index contributed by atoms with van der Waals surface area (Å²) >= 11 is 0. The fourth-order valence-electron chi connectivity index (χ4n) is 6.60. The Morgan fingerprint density at radius 1 is 1.18 bits per heavy atom. The summed E-state index contributed by atoms with van der Waals surface area (Å²) in [5, 5.41) is 10.4. The molecule has 0 aromatic heterocycles. The highest BCUT2D eigenvalue weighted by Crippen LogP contribution is 2.65. The van der Waals surface area contributed by atoms with Crippen molar-refractivity contribution in [1.29, 1.82) is 0 Å². The molecule has 4 bridgehead atoms. The maximum absolute atomic E-state index is 14.0. The number of hydrogen-bond acceptors (Lipinski definition) is 7. The summed E-state index contributed by atoms with van der Waals surface area (Å²) < 4.78 is 12.9. The van der Waals surface area contributed by atoms with E-state index in [-0.39, 0.29) is 72.9 Å². The van der Waals surface area contributed by atoms with Crippen LogP contribution in [0.25, 0.3) is 0 Å². The fraction of sp³-hybridized carbons (Fsp3) is 0.462. The van der Waals surface area contributed by atoms with Crippen LogP contribution in [0.5, 0.6) is 11.5 Å². The Hall–Kier alpha value is -3.26.